The number of nitrogens with zero attached hydrogens (tertiary/aromatic N) is 1. The number of hydrogen-bond donors (Lipinski definition) is 1. The molecule has 0 fully saturated rings. The van der Waals surface area contributed by atoms with E-state index in [1.807, 2.05) is 21.1 Å². The molecule has 0 saturated carbocycles. The summed E-state index contributed by atoms with van der Waals surface area (Å²) in [6.07, 6.45) is 50.0. The fourth-order valence-electron chi connectivity index (χ4n) is 7.05. The lowest BCUT2D eigenvalue weighted by Gasteiger charge is -2.31. The number of unbranched alkanes of at least 4 members (excludes halogenated alkanes) is 24. The molecule has 2 atom stereocenters. The van der Waals surface area contributed by atoms with E-state index in [4.69, 9.17) is 14.2 Å². The summed E-state index contributed by atoms with van der Waals surface area (Å²) in [5.74, 6) is -1.49. The molecule has 0 bridgehead atoms. The summed E-state index contributed by atoms with van der Waals surface area (Å²) in [4.78, 5) is 37.1. The Balaban J connectivity index is 4.33. The number of carbonyl (C=O) groups is 3. The average Bonchev–Trinajstić information content (AvgIpc) is 3.19. The molecule has 0 aliphatic heterocycles. The Morgan fingerprint density at radius 3 is 1.36 bits per heavy atom. The van der Waals surface area contributed by atoms with Gasteiger partial charge in [-0.3, -0.25) is 9.59 Å². The van der Waals surface area contributed by atoms with E-state index < -0.39 is 18.1 Å². The first-order valence-electron chi connectivity index (χ1n) is 24.2. The first kappa shape index (κ1) is 56.3. The Morgan fingerprint density at radius 2 is 0.898 bits per heavy atom. The molecule has 0 amide bonds. The summed E-state index contributed by atoms with van der Waals surface area (Å²) in [6, 6.07) is -0.618. The van der Waals surface area contributed by atoms with Gasteiger partial charge in [-0.2, -0.15) is 0 Å². The minimum atomic E-state index is -0.878. The van der Waals surface area contributed by atoms with Crippen LogP contribution >= 0.6 is 0 Å². The van der Waals surface area contributed by atoms with Crippen molar-refractivity contribution in [3.8, 4) is 0 Å². The van der Waals surface area contributed by atoms with E-state index in [1.54, 1.807) is 0 Å². The van der Waals surface area contributed by atoms with E-state index in [1.165, 1.54) is 109 Å². The topological polar surface area (TPSA) is 99.1 Å². The van der Waals surface area contributed by atoms with Crippen molar-refractivity contribution < 1.29 is 38.2 Å². The molecule has 0 rings (SSSR count). The molecule has 0 aliphatic rings. The van der Waals surface area contributed by atoms with Crippen LogP contribution < -0.4 is 0 Å². The van der Waals surface area contributed by atoms with Crippen molar-refractivity contribution in [1.29, 1.82) is 0 Å². The van der Waals surface area contributed by atoms with Gasteiger partial charge in [0.15, 0.2) is 12.1 Å². The monoisotopic (exact) mass is 831 g/mol. The van der Waals surface area contributed by atoms with Gasteiger partial charge in [0.25, 0.3) is 0 Å². The van der Waals surface area contributed by atoms with E-state index in [0.29, 0.717) is 19.3 Å². The Labute approximate surface area is 363 Å². The van der Waals surface area contributed by atoms with E-state index in [0.717, 1.165) is 64.2 Å². The molecule has 0 aromatic carbocycles. The zero-order valence-corrected chi connectivity index (χ0v) is 39.0. The maximum absolute atomic E-state index is 12.8. The predicted molar refractivity (Wildman–Crippen MR) is 248 cm³/mol. The van der Waals surface area contributed by atoms with Crippen LogP contribution in [0.3, 0.4) is 0 Å². The predicted octanol–water partition coefficient (Wildman–Crippen LogP) is 13.6. The van der Waals surface area contributed by atoms with Gasteiger partial charge in [0, 0.05) is 19.3 Å². The fraction of sp³-hybridized carbons (Fsp3) is 0.784. The molecular formula is C51H92NO7+. The Bertz CT molecular complexity index is 1110. The third kappa shape index (κ3) is 40.5. The number of carboxylic acids is 1. The molecular weight excluding hydrogens is 739 g/mol. The lowest BCUT2D eigenvalue weighted by Crippen LogP contribution is -2.50. The van der Waals surface area contributed by atoms with Crippen LogP contribution in [0, 0.1) is 0 Å². The van der Waals surface area contributed by atoms with Gasteiger partial charge in [-0.1, -0.05) is 197 Å². The smallest absolute Gasteiger partial charge is 0.362 e. The molecule has 1 N–H and O–H groups in total. The van der Waals surface area contributed by atoms with Crippen molar-refractivity contribution >= 4 is 17.9 Å². The summed E-state index contributed by atoms with van der Waals surface area (Å²) in [6.45, 7) is 4.69. The highest BCUT2D eigenvalue weighted by Gasteiger charge is 2.31. The normalized spacial score (nSPS) is 13.3. The maximum atomic E-state index is 12.8. The Hall–Kier alpha value is -2.71. The fourth-order valence-corrected chi connectivity index (χ4v) is 7.05. The number of likely N-dealkylation sites (N-methyl/N-ethyl adjacent to an activating group) is 1. The summed E-state index contributed by atoms with van der Waals surface area (Å²) < 4.78 is 17.3. The van der Waals surface area contributed by atoms with Gasteiger partial charge in [-0.15, -0.1) is 0 Å². The molecule has 0 heterocycles. The van der Waals surface area contributed by atoms with Crippen LogP contribution in [0.25, 0.3) is 0 Å². The largest absolute Gasteiger partial charge is 0.477 e. The SMILES string of the molecule is CCCCC/C=C/C=C/C=C/C=C/CCCCCCCC(=O)OCC(COCCC(C(=O)O)[N+](C)(C)C)OC(=O)CCCCCCCCCCCCCCCCCCC. The molecule has 0 aromatic heterocycles. The van der Waals surface area contributed by atoms with E-state index in [-0.39, 0.29) is 36.2 Å². The van der Waals surface area contributed by atoms with Crippen molar-refractivity contribution in [3.05, 3.63) is 48.6 Å². The number of ether oxygens (including phenoxy) is 3. The Morgan fingerprint density at radius 1 is 0.508 bits per heavy atom. The van der Waals surface area contributed by atoms with Crippen LogP contribution in [0.1, 0.15) is 206 Å². The van der Waals surface area contributed by atoms with Crippen LogP contribution in [-0.4, -0.2) is 80.6 Å². The van der Waals surface area contributed by atoms with Crippen LogP contribution in [0.2, 0.25) is 0 Å². The van der Waals surface area contributed by atoms with Gasteiger partial charge >= 0.3 is 17.9 Å². The van der Waals surface area contributed by atoms with Gasteiger partial charge in [0.05, 0.1) is 34.4 Å². The minimum Gasteiger partial charge on any atom is -0.477 e. The lowest BCUT2D eigenvalue weighted by atomic mass is 10.0. The van der Waals surface area contributed by atoms with Crippen molar-refractivity contribution in [2.75, 3.05) is 41.0 Å². The molecule has 0 aliphatic carbocycles. The number of rotatable bonds is 43. The van der Waals surface area contributed by atoms with Gasteiger partial charge < -0.3 is 23.8 Å². The second-order valence-electron chi connectivity index (χ2n) is 17.5. The molecule has 8 nitrogen and oxygen atoms in total. The standard InChI is InChI=1S/C51H91NO7/c1-6-8-10-12-14-16-18-20-22-24-26-27-29-31-33-35-37-39-41-49(53)58-46-47(45-57-44-43-48(51(55)56)52(3,4)5)59-50(54)42-40-38-36-34-32-30-28-25-23-21-19-17-15-13-11-9-7-2/h14,16,18,20,22,24,26-27,47-48H,6-13,15,17,19,21,23,25,28-46H2,1-5H3/p+1/b16-14+,20-18+,24-22+,27-26+. The van der Waals surface area contributed by atoms with Crippen LogP contribution in [0.4, 0.5) is 0 Å². The lowest BCUT2D eigenvalue weighted by molar-refractivity contribution is -0.887. The average molecular weight is 831 g/mol. The molecule has 0 radical (unpaired) electrons. The summed E-state index contributed by atoms with van der Waals surface area (Å²) in [7, 11) is 5.53. The molecule has 0 spiro atoms. The van der Waals surface area contributed by atoms with Crippen LogP contribution in [0.15, 0.2) is 48.6 Å². The van der Waals surface area contributed by atoms with Crippen LogP contribution in [-0.2, 0) is 28.6 Å². The molecule has 0 aromatic rings. The van der Waals surface area contributed by atoms with Crippen molar-refractivity contribution in [1.82, 2.24) is 0 Å². The van der Waals surface area contributed by atoms with E-state index in [2.05, 4.69) is 62.5 Å². The van der Waals surface area contributed by atoms with E-state index in [9.17, 15) is 19.5 Å². The molecule has 0 saturated heterocycles. The zero-order valence-electron chi connectivity index (χ0n) is 39.0. The first-order chi connectivity index (χ1) is 28.6. The van der Waals surface area contributed by atoms with Gasteiger partial charge in [-0.25, -0.2) is 4.79 Å². The second kappa shape index (κ2) is 42.0. The summed E-state index contributed by atoms with van der Waals surface area (Å²) in [5.41, 5.74) is 0. The van der Waals surface area contributed by atoms with E-state index >= 15 is 0 Å². The number of hydrogen-bond acceptors (Lipinski definition) is 6. The highest BCUT2D eigenvalue weighted by molar-refractivity contribution is 5.72. The summed E-state index contributed by atoms with van der Waals surface area (Å²) >= 11 is 0. The van der Waals surface area contributed by atoms with Crippen molar-refractivity contribution in [2.45, 2.75) is 219 Å². The highest BCUT2D eigenvalue weighted by Crippen LogP contribution is 2.16. The van der Waals surface area contributed by atoms with Crippen molar-refractivity contribution in [2.24, 2.45) is 0 Å². The Kier molecular flexibility index (Phi) is 40.1. The number of carboxylic acid groups (broad SMARTS) is 1. The second-order valence-corrected chi connectivity index (χ2v) is 17.5. The number of allylic oxidation sites excluding steroid dienone is 8. The maximum Gasteiger partial charge on any atom is 0.362 e. The zero-order chi connectivity index (χ0) is 43.5. The quantitative estimate of drug-likeness (QED) is 0.0283. The van der Waals surface area contributed by atoms with Crippen molar-refractivity contribution in [3.63, 3.8) is 0 Å². The molecule has 342 valence electrons. The number of esters is 2. The highest BCUT2D eigenvalue weighted by atomic mass is 16.6. The number of aliphatic carboxylic acids is 1. The number of quaternary nitrogens is 1. The molecule has 59 heavy (non-hydrogen) atoms. The van der Waals surface area contributed by atoms with Gasteiger partial charge in [0.1, 0.15) is 6.61 Å². The van der Waals surface area contributed by atoms with Crippen LogP contribution in [0.5, 0.6) is 0 Å². The third-order valence-corrected chi connectivity index (χ3v) is 10.8. The summed E-state index contributed by atoms with van der Waals surface area (Å²) in [5, 5.41) is 9.64. The van der Waals surface area contributed by atoms with Gasteiger partial charge in [-0.05, 0) is 38.5 Å². The number of carbonyl (C=O) groups excluding carboxylic acids is 2. The minimum absolute atomic E-state index is 0.0546. The first-order valence-corrected chi connectivity index (χ1v) is 24.2. The van der Waals surface area contributed by atoms with Gasteiger partial charge in [0.2, 0.25) is 0 Å². The molecule has 8 heteroatoms. The molecule has 2 unspecified atom stereocenters. The third-order valence-electron chi connectivity index (χ3n) is 10.8.